The highest BCUT2D eigenvalue weighted by atomic mass is 15.2. The Bertz CT molecular complexity index is 479. The molecule has 0 spiro atoms. The van der Waals surface area contributed by atoms with E-state index >= 15 is 0 Å². The van der Waals surface area contributed by atoms with E-state index in [1.165, 1.54) is 6.20 Å². The van der Waals surface area contributed by atoms with E-state index in [1.54, 1.807) is 0 Å². The van der Waals surface area contributed by atoms with Crippen LogP contribution >= 0.6 is 0 Å². The van der Waals surface area contributed by atoms with Crippen molar-refractivity contribution >= 4 is 0 Å². The smallest absolute Gasteiger partial charge is 0.150 e. The maximum Gasteiger partial charge on any atom is 0.150 e. The van der Waals surface area contributed by atoms with E-state index in [0.29, 0.717) is 5.56 Å². The minimum atomic E-state index is 0.562. The molecule has 0 saturated carbocycles. The molecule has 2 aromatic rings. The molecule has 0 aliphatic carbocycles. The van der Waals surface area contributed by atoms with Crippen LogP contribution in [0.25, 0.3) is 5.82 Å². The van der Waals surface area contributed by atoms with Gasteiger partial charge in [0.25, 0.3) is 0 Å². The number of H-pyrrole nitrogens is 1. The second kappa shape index (κ2) is 3.04. The fourth-order valence-corrected chi connectivity index (χ4v) is 1.55. The molecule has 0 amide bonds. The van der Waals surface area contributed by atoms with Gasteiger partial charge < -0.3 is 4.57 Å². The number of aryl methyl sites for hydroxylation is 2. The maximum absolute atomic E-state index is 8.86. The summed E-state index contributed by atoms with van der Waals surface area (Å²) in [6, 6.07) is 6.13. The minimum absolute atomic E-state index is 0.562. The second-order valence-electron chi connectivity index (χ2n) is 3.20. The first-order chi connectivity index (χ1) is 6.74. The Morgan fingerprint density at radius 3 is 2.57 bits per heavy atom. The quantitative estimate of drug-likeness (QED) is 0.736. The topological polar surface area (TPSA) is 57.4 Å². The second-order valence-corrected chi connectivity index (χ2v) is 3.20. The summed E-state index contributed by atoms with van der Waals surface area (Å²) >= 11 is 0. The van der Waals surface area contributed by atoms with Gasteiger partial charge in [-0.05, 0) is 26.0 Å². The molecule has 14 heavy (non-hydrogen) atoms. The Morgan fingerprint density at radius 2 is 2.00 bits per heavy atom. The zero-order chi connectivity index (χ0) is 10.1. The Hall–Kier alpha value is -2.02. The fourth-order valence-electron chi connectivity index (χ4n) is 1.55. The molecule has 70 valence electrons. The summed E-state index contributed by atoms with van der Waals surface area (Å²) in [4.78, 5) is 0. The number of nitrogens with one attached hydrogen (secondary N) is 1. The molecule has 1 N–H and O–H groups in total. The average molecular weight is 186 g/mol. The number of hydrogen-bond donors (Lipinski definition) is 1. The average Bonchev–Trinajstić information content (AvgIpc) is 2.73. The molecule has 0 saturated heterocycles. The maximum atomic E-state index is 8.86. The lowest BCUT2D eigenvalue weighted by Crippen LogP contribution is -2.01. The lowest BCUT2D eigenvalue weighted by Gasteiger charge is -2.05. The summed E-state index contributed by atoms with van der Waals surface area (Å²) in [7, 11) is 0. The fraction of sp³-hybridized carbons (Fsp3) is 0.200. The van der Waals surface area contributed by atoms with Crippen molar-refractivity contribution in [3.8, 4) is 11.9 Å². The Kier molecular flexibility index (Phi) is 1.86. The zero-order valence-electron chi connectivity index (χ0n) is 8.07. The van der Waals surface area contributed by atoms with Crippen molar-refractivity contribution in [1.82, 2.24) is 14.8 Å². The predicted octanol–water partition coefficient (Wildman–Crippen LogP) is 1.69. The van der Waals surface area contributed by atoms with Crippen LogP contribution in [0.5, 0.6) is 0 Å². The van der Waals surface area contributed by atoms with Gasteiger partial charge in [-0.3, -0.25) is 5.10 Å². The van der Waals surface area contributed by atoms with Gasteiger partial charge in [0.1, 0.15) is 11.6 Å². The molecule has 4 nitrogen and oxygen atoms in total. The number of aromatic nitrogens is 3. The van der Waals surface area contributed by atoms with Crippen molar-refractivity contribution in [3.05, 3.63) is 35.3 Å². The molecule has 0 radical (unpaired) electrons. The molecule has 0 unspecified atom stereocenters. The molecule has 0 aliphatic rings. The van der Waals surface area contributed by atoms with Crippen molar-refractivity contribution < 1.29 is 0 Å². The van der Waals surface area contributed by atoms with E-state index < -0.39 is 0 Å². The standard InChI is InChI=1S/C10H10N4/c1-7-3-4-8(2)14(7)10-9(5-11)6-12-13-10/h3-4,6H,1-2H3,(H,12,13). The number of nitrogens with zero attached hydrogens (tertiary/aromatic N) is 3. The van der Waals surface area contributed by atoms with E-state index in [9.17, 15) is 0 Å². The van der Waals surface area contributed by atoms with Crippen molar-refractivity contribution in [1.29, 1.82) is 5.26 Å². The summed E-state index contributed by atoms with van der Waals surface area (Å²) in [5.74, 6) is 0.743. The van der Waals surface area contributed by atoms with Crippen LogP contribution in [-0.2, 0) is 0 Å². The molecule has 0 atom stereocenters. The molecule has 2 aromatic heterocycles. The van der Waals surface area contributed by atoms with Crippen LogP contribution in [0.2, 0.25) is 0 Å². The van der Waals surface area contributed by atoms with E-state index in [0.717, 1.165) is 17.2 Å². The Labute approximate surface area is 81.8 Å². The van der Waals surface area contributed by atoms with E-state index in [4.69, 9.17) is 5.26 Å². The van der Waals surface area contributed by atoms with Crippen LogP contribution in [0.4, 0.5) is 0 Å². The van der Waals surface area contributed by atoms with Crippen LogP contribution in [0.15, 0.2) is 18.3 Å². The highest BCUT2D eigenvalue weighted by Gasteiger charge is 2.09. The molecule has 0 fully saturated rings. The monoisotopic (exact) mass is 186 g/mol. The highest BCUT2D eigenvalue weighted by molar-refractivity contribution is 5.44. The zero-order valence-corrected chi connectivity index (χ0v) is 8.07. The highest BCUT2D eigenvalue weighted by Crippen LogP contribution is 2.16. The summed E-state index contributed by atoms with van der Waals surface area (Å²) in [5.41, 5.74) is 2.74. The molecule has 2 heterocycles. The number of hydrogen-bond acceptors (Lipinski definition) is 2. The van der Waals surface area contributed by atoms with Crippen LogP contribution in [0.1, 0.15) is 17.0 Å². The van der Waals surface area contributed by atoms with Gasteiger partial charge in [-0.2, -0.15) is 10.4 Å². The molecule has 0 bridgehead atoms. The van der Waals surface area contributed by atoms with Crippen molar-refractivity contribution in [2.45, 2.75) is 13.8 Å². The molecular weight excluding hydrogens is 176 g/mol. The van der Waals surface area contributed by atoms with E-state index in [-0.39, 0.29) is 0 Å². The van der Waals surface area contributed by atoms with Crippen LogP contribution < -0.4 is 0 Å². The molecular formula is C10H10N4. The SMILES string of the molecule is Cc1ccc(C)n1-c1[nH]ncc1C#N. The lowest BCUT2D eigenvalue weighted by atomic mass is 10.3. The van der Waals surface area contributed by atoms with Gasteiger partial charge in [0.15, 0.2) is 5.82 Å². The molecule has 0 aromatic carbocycles. The molecule has 0 aliphatic heterocycles. The van der Waals surface area contributed by atoms with Gasteiger partial charge in [0.05, 0.1) is 6.20 Å². The van der Waals surface area contributed by atoms with Gasteiger partial charge in [-0.15, -0.1) is 0 Å². The first-order valence-electron chi connectivity index (χ1n) is 4.33. The first-order valence-corrected chi connectivity index (χ1v) is 4.33. The number of rotatable bonds is 1. The van der Waals surface area contributed by atoms with Gasteiger partial charge in [0.2, 0.25) is 0 Å². The van der Waals surface area contributed by atoms with Crippen molar-refractivity contribution in [2.24, 2.45) is 0 Å². The number of nitriles is 1. The van der Waals surface area contributed by atoms with Gasteiger partial charge in [0, 0.05) is 11.4 Å². The van der Waals surface area contributed by atoms with Crippen LogP contribution in [0.3, 0.4) is 0 Å². The first kappa shape index (κ1) is 8.57. The minimum Gasteiger partial charge on any atom is -0.302 e. The third-order valence-corrected chi connectivity index (χ3v) is 2.23. The normalized spacial score (nSPS) is 10.1. The summed E-state index contributed by atoms with van der Waals surface area (Å²) < 4.78 is 1.98. The number of aromatic amines is 1. The third-order valence-electron chi connectivity index (χ3n) is 2.23. The van der Waals surface area contributed by atoms with E-state index in [1.807, 2.05) is 30.5 Å². The Balaban J connectivity index is 2.66. The summed E-state index contributed by atoms with van der Waals surface area (Å²) in [5, 5.41) is 15.6. The molecule has 2 rings (SSSR count). The van der Waals surface area contributed by atoms with Gasteiger partial charge in [-0.1, -0.05) is 0 Å². The molecule has 4 heteroatoms. The summed E-state index contributed by atoms with van der Waals surface area (Å²) in [6.45, 7) is 3.99. The van der Waals surface area contributed by atoms with E-state index in [2.05, 4.69) is 16.3 Å². The van der Waals surface area contributed by atoms with Gasteiger partial charge in [-0.25, -0.2) is 0 Å². The van der Waals surface area contributed by atoms with Crippen molar-refractivity contribution in [3.63, 3.8) is 0 Å². The predicted molar refractivity (Wildman–Crippen MR) is 52.1 cm³/mol. The lowest BCUT2D eigenvalue weighted by molar-refractivity contribution is 0.900. The Morgan fingerprint density at radius 1 is 1.36 bits per heavy atom. The summed E-state index contributed by atoms with van der Waals surface area (Å²) in [6.07, 6.45) is 1.54. The van der Waals surface area contributed by atoms with Crippen LogP contribution in [-0.4, -0.2) is 14.8 Å². The third kappa shape index (κ3) is 1.11. The largest absolute Gasteiger partial charge is 0.302 e. The van der Waals surface area contributed by atoms with Crippen LogP contribution in [0, 0.1) is 25.2 Å². The van der Waals surface area contributed by atoms with Gasteiger partial charge >= 0.3 is 0 Å². The van der Waals surface area contributed by atoms with Crippen molar-refractivity contribution in [2.75, 3.05) is 0 Å².